The summed E-state index contributed by atoms with van der Waals surface area (Å²) in [5.74, 6) is 1.24. The molecule has 0 aliphatic carbocycles. The number of hydrogen-bond donors (Lipinski definition) is 0. The minimum absolute atomic E-state index is 0.0405. The van der Waals surface area contributed by atoms with Gasteiger partial charge in [-0.1, -0.05) is 5.16 Å². The minimum atomic E-state index is -0.0589. The first-order valence-corrected chi connectivity index (χ1v) is 9.05. The average Bonchev–Trinajstić information content (AvgIpc) is 3.36. The summed E-state index contributed by atoms with van der Waals surface area (Å²) in [5.41, 5.74) is 4.59. The molecule has 1 aliphatic heterocycles. The Morgan fingerprint density at radius 3 is 2.96 bits per heavy atom. The SMILES string of the molecule is Cc1noc(C)c1-c1nccc(C2CCCN2C(=O)c2cscn2)n1. The number of likely N-dealkylation sites (tertiary alicyclic amines) is 1. The standard InChI is InChI=1S/C17H17N5O2S/c1-10-15(11(2)24-21-10)16-18-6-5-12(20-16)14-4-3-7-22(14)17(23)13-8-25-9-19-13/h5-6,8-9,14H,3-4,7H2,1-2H3. The van der Waals surface area contributed by atoms with Crippen molar-refractivity contribution in [2.75, 3.05) is 6.54 Å². The molecule has 0 bridgehead atoms. The van der Waals surface area contributed by atoms with Crippen LogP contribution in [0.1, 0.15) is 46.5 Å². The van der Waals surface area contributed by atoms with Crippen molar-refractivity contribution in [2.45, 2.75) is 32.7 Å². The molecule has 1 fully saturated rings. The largest absolute Gasteiger partial charge is 0.361 e. The minimum Gasteiger partial charge on any atom is -0.361 e. The van der Waals surface area contributed by atoms with E-state index in [9.17, 15) is 4.79 Å². The lowest BCUT2D eigenvalue weighted by Gasteiger charge is -2.23. The van der Waals surface area contributed by atoms with Gasteiger partial charge in [-0.25, -0.2) is 15.0 Å². The first kappa shape index (κ1) is 15.9. The van der Waals surface area contributed by atoms with E-state index in [4.69, 9.17) is 9.51 Å². The Kier molecular flexibility index (Phi) is 4.04. The first-order chi connectivity index (χ1) is 12.1. The number of rotatable bonds is 3. The molecule has 7 nitrogen and oxygen atoms in total. The van der Waals surface area contributed by atoms with E-state index >= 15 is 0 Å². The second-order valence-corrected chi connectivity index (χ2v) is 6.75. The summed E-state index contributed by atoms with van der Waals surface area (Å²) in [6.07, 6.45) is 3.56. The molecule has 0 aromatic carbocycles. The maximum atomic E-state index is 12.7. The molecule has 4 rings (SSSR count). The van der Waals surface area contributed by atoms with E-state index in [1.807, 2.05) is 24.8 Å². The Morgan fingerprint density at radius 2 is 2.24 bits per heavy atom. The van der Waals surface area contributed by atoms with E-state index in [2.05, 4.69) is 15.1 Å². The molecule has 4 heterocycles. The van der Waals surface area contributed by atoms with Gasteiger partial charge in [0.15, 0.2) is 5.82 Å². The van der Waals surface area contributed by atoms with Crippen LogP contribution < -0.4 is 0 Å². The Balaban J connectivity index is 1.67. The van der Waals surface area contributed by atoms with Crippen molar-refractivity contribution in [3.05, 3.63) is 46.0 Å². The van der Waals surface area contributed by atoms with E-state index in [1.165, 1.54) is 11.3 Å². The van der Waals surface area contributed by atoms with E-state index in [0.29, 0.717) is 23.8 Å². The molecule has 8 heteroatoms. The van der Waals surface area contributed by atoms with E-state index in [0.717, 1.165) is 29.8 Å². The lowest BCUT2D eigenvalue weighted by molar-refractivity contribution is 0.0727. The molecule has 3 aromatic rings. The molecule has 1 saturated heterocycles. The molecule has 3 aromatic heterocycles. The smallest absolute Gasteiger partial charge is 0.273 e. The quantitative estimate of drug-likeness (QED) is 0.717. The van der Waals surface area contributed by atoms with Crippen LogP contribution in [0.2, 0.25) is 0 Å². The Labute approximate surface area is 148 Å². The fraction of sp³-hybridized carbons (Fsp3) is 0.353. The van der Waals surface area contributed by atoms with Gasteiger partial charge in [-0.05, 0) is 32.8 Å². The summed E-state index contributed by atoms with van der Waals surface area (Å²) in [6, 6.07) is 1.82. The Morgan fingerprint density at radius 1 is 1.36 bits per heavy atom. The summed E-state index contributed by atoms with van der Waals surface area (Å²) >= 11 is 1.43. The highest BCUT2D eigenvalue weighted by molar-refractivity contribution is 7.07. The van der Waals surface area contributed by atoms with Crippen LogP contribution in [0.4, 0.5) is 0 Å². The number of amides is 1. The first-order valence-electron chi connectivity index (χ1n) is 8.10. The molecule has 1 unspecified atom stereocenters. The second kappa shape index (κ2) is 6.36. The molecule has 0 N–H and O–H groups in total. The van der Waals surface area contributed by atoms with Gasteiger partial charge in [-0.3, -0.25) is 4.79 Å². The number of thiazole rings is 1. The van der Waals surface area contributed by atoms with Crippen LogP contribution in [0.15, 0.2) is 27.7 Å². The number of carbonyl (C=O) groups is 1. The van der Waals surface area contributed by atoms with Crippen LogP contribution >= 0.6 is 11.3 Å². The monoisotopic (exact) mass is 355 g/mol. The zero-order chi connectivity index (χ0) is 17.4. The summed E-state index contributed by atoms with van der Waals surface area (Å²) in [6.45, 7) is 4.43. The highest BCUT2D eigenvalue weighted by Gasteiger charge is 2.32. The van der Waals surface area contributed by atoms with Crippen LogP contribution in [0.25, 0.3) is 11.4 Å². The van der Waals surface area contributed by atoms with Crippen LogP contribution in [-0.2, 0) is 0 Å². The third-order valence-electron chi connectivity index (χ3n) is 4.44. The normalized spacial score (nSPS) is 17.2. The Bertz CT molecular complexity index is 886. The summed E-state index contributed by atoms with van der Waals surface area (Å²) < 4.78 is 5.22. The van der Waals surface area contributed by atoms with Crippen LogP contribution in [0.5, 0.6) is 0 Å². The highest BCUT2D eigenvalue weighted by atomic mass is 32.1. The molecule has 0 saturated carbocycles. The van der Waals surface area contributed by atoms with Gasteiger partial charge in [-0.15, -0.1) is 11.3 Å². The zero-order valence-corrected chi connectivity index (χ0v) is 14.8. The van der Waals surface area contributed by atoms with E-state index in [-0.39, 0.29) is 11.9 Å². The summed E-state index contributed by atoms with van der Waals surface area (Å²) in [5, 5.41) is 5.75. The van der Waals surface area contributed by atoms with Crippen molar-refractivity contribution in [1.82, 2.24) is 25.0 Å². The van der Waals surface area contributed by atoms with Gasteiger partial charge in [0, 0.05) is 18.1 Å². The van der Waals surface area contributed by atoms with Gasteiger partial charge >= 0.3 is 0 Å². The molecule has 25 heavy (non-hydrogen) atoms. The van der Waals surface area contributed by atoms with Gasteiger partial charge < -0.3 is 9.42 Å². The van der Waals surface area contributed by atoms with Crippen molar-refractivity contribution in [3.8, 4) is 11.4 Å². The highest BCUT2D eigenvalue weighted by Crippen LogP contribution is 2.33. The summed E-state index contributed by atoms with van der Waals surface area (Å²) in [7, 11) is 0. The molecule has 1 amide bonds. The van der Waals surface area contributed by atoms with Gasteiger partial charge in [0.2, 0.25) is 0 Å². The van der Waals surface area contributed by atoms with Gasteiger partial charge in [0.1, 0.15) is 11.5 Å². The van der Waals surface area contributed by atoms with Crippen molar-refractivity contribution < 1.29 is 9.32 Å². The average molecular weight is 355 g/mol. The van der Waals surface area contributed by atoms with E-state index in [1.54, 1.807) is 17.1 Å². The predicted octanol–water partition coefficient (Wildman–Crippen LogP) is 3.18. The van der Waals surface area contributed by atoms with Gasteiger partial charge in [-0.2, -0.15) is 0 Å². The Hall–Kier alpha value is -2.61. The third kappa shape index (κ3) is 2.82. The van der Waals surface area contributed by atoms with Crippen molar-refractivity contribution in [1.29, 1.82) is 0 Å². The topological polar surface area (TPSA) is 85.0 Å². The number of hydrogen-bond acceptors (Lipinski definition) is 7. The molecule has 128 valence electrons. The third-order valence-corrected chi connectivity index (χ3v) is 5.03. The second-order valence-electron chi connectivity index (χ2n) is 6.03. The lowest BCUT2D eigenvalue weighted by Crippen LogP contribution is -2.31. The predicted molar refractivity (Wildman–Crippen MR) is 92.1 cm³/mol. The maximum absolute atomic E-state index is 12.7. The fourth-order valence-corrected chi connectivity index (χ4v) is 3.79. The van der Waals surface area contributed by atoms with Crippen LogP contribution in [0.3, 0.4) is 0 Å². The number of aryl methyl sites for hydroxylation is 2. The number of nitrogens with zero attached hydrogens (tertiary/aromatic N) is 5. The van der Waals surface area contributed by atoms with Gasteiger partial charge in [0.25, 0.3) is 5.91 Å². The molecule has 1 aliphatic rings. The lowest BCUT2D eigenvalue weighted by atomic mass is 10.1. The number of carbonyl (C=O) groups excluding carboxylic acids is 1. The van der Waals surface area contributed by atoms with Crippen LogP contribution in [-0.4, -0.2) is 37.5 Å². The molecular weight excluding hydrogens is 338 g/mol. The van der Waals surface area contributed by atoms with Crippen molar-refractivity contribution >= 4 is 17.2 Å². The van der Waals surface area contributed by atoms with Crippen molar-refractivity contribution in [2.24, 2.45) is 0 Å². The van der Waals surface area contributed by atoms with Gasteiger partial charge in [0.05, 0.1) is 28.5 Å². The summed E-state index contributed by atoms with van der Waals surface area (Å²) in [4.78, 5) is 27.8. The fourth-order valence-electron chi connectivity index (χ4n) is 3.26. The van der Waals surface area contributed by atoms with Crippen LogP contribution in [0, 0.1) is 13.8 Å². The van der Waals surface area contributed by atoms with Crippen molar-refractivity contribution in [3.63, 3.8) is 0 Å². The van der Waals surface area contributed by atoms with E-state index < -0.39 is 0 Å². The molecular formula is C17H17N5O2S. The number of aromatic nitrogens is 4. The maximum Gasteiger partial charge on any atom is 0.273 e. The molecule has 1 atom stereocenters. The molecule has 0 spiro atoms. The zero-order valence-electron chi connectivity index (χ0n) is 14.0. The molecule has 0 radical (unpaired) electrons.